The number of hydrogen-bond acceptors (Lipinski definition) is 3. The number of aryl methyl sites for hydroxylation is 1. The normalized spacial score (nSPS) is 15.5. The van der Waals surface area contributed by atoms with Crippen molar-refractivity contribution in [3.8, 4) is 0 Å². The molecule has 0 aliphatic carbocycles. The zero-order chi connectivity index (χ0) is 23.5. The SMILES string of the molecule is CCN(CC)CCCNC(=O)CN1C(=O)c2ccccc2C1c1c(C)n(C)c2ccccc12. The standard InChI is InChI=1S/C27H34N4O2/c1-5-30(6-2)17-11-16-28-24(32)18-31-26(20-12-7-8-13-21(20)27(31)33)25-19(3)29(4)23-15-10-9-14-22(23)25/h7-10,12-15,26H,5-6,11,16-18H2,1-4H3,(H,28,32). The Morgan fingerprint density at radius 1 is 1.06 bits per heavy atom. The van der Waals surface area contributed by atoms with Crippen molar-refractivity contribution in [1.82, 2.24) is 19.7 Å². The molecule has 6 heteroatoms. The first-order valence-corrected chi connectivity index (χ1v) is 11.9. The third-order valence-corrected chi connectivity index (χ3v) is 6.96. The predicted molar refractivity (Wildman–Crippen MR) is 132 cm³/mol. The number of carbonyl (C=O) groups excluding carboxylic acids is 2. The second kappa shape index (κ2) is 9.79. The average molecular weight is 447 g/mol. The van der Waals surface area contributed by atoms with Gasteiger partial charge < -0.3 is 19.7 Å². The first-order chi connectivity index (χ1) is 16.0. The molecule has 1 N–H and O–H groups in total. The van der Waals surface area contributed by atoms with Gasteiger partial charge in [-0.1, -0.05) is 50.2 Å². The molecule has 0 saturated heterocycles. The molecule has 0 radical (unpaired) electrons. The molecular weight excluding hydrogens is 412 g/mol. The predicted octanol–water partition coefficient (Wildman–Crippen LogP) is 3.88. The first-order valence-electron chi connectivity index (χ1n) is 11.9. The molecule has 2 heterocycles. The van der Waals surface area contributed by atoms with Crippen LogP contribution in [0.3, 0.4) is 0 Å². The molecule has 0 saturated carbocycles. The quantitative estimate of drug-likeness (QED) is 0.508. The van der Waals surface area contributed by atoms with Crippen LogP contribution in [-0.2, 0) is 11.8 Å². The Bertz CT molecular complexity index is 1160. The number of nitrogens with zero attached hydrogens (tertiary/aromatic N) is 3. The molecule has 0 spiro atoms. The van der Waals surface area contributed by atoms with E-state index in [4.69, 9.17) is 0 Å². The van der Waals surface area contributed by atoms with Crippen molar-refractivity contribution in [2.24, 2.45) is 7.05 Å². The first kappa shape index (κ1) is 23.1. The van der Waals surface area contributed by atoms with Crippen LogP contribution in [0.5, 0.6) is 0 Å². The van der Waals surface area contributed by atoms with Crippen LogP contribution in [0.2, 0.25) is 0 Å². The Labute approximate surface area is 196 Å². The molecule has 0 fully saturated rings. The summed E-state index contributed by atoms with van der Waals surface area (Å²) < 4.78 is 2.17. The fraction of sp³-hybridized carbons (Fsp3) is 0.407. The molecule has 1 aliphatic rings. The summed E-state index contributed by atoms with van der Waals surface area (Å²) in [4.78, 5) is 30.4. The smallest absolute Gasteiger partial charge is 0.255 e. The summed E-state index contributed by atoms with van der Waals surface area (Å²) in [5.41, 5.74) is 4.99. The van der Waals surface area contributed by atoms with E-state index in [1.54, 1.807) is 4.90 Å². The summed E-state index contributed by atoms with van der Waals surface area (Å²) in [6.07, 6.45) is 0.896. The summed E-state index contributed by atoms with van der Waals surface area (Å²) in [5, 5.41) is 4.15. The molecular formula is C27H34N4O2. The number of fused-ring (bicyclic) bond motifs is 2. The highest BCUT2D eigenvalue weighted by atomic mass is 16.2. The Kier molecular flexibility index (Phi) is 6.84. The highest BCUT2D eigenvalue weighted by molar-refractivity contribution is 6.02. The van der Waals surface area contributed by atoms with Crippen molar-refractivity contribution in [2.75, 3.05) is 32.7 Å². The maximum atomic E-state index is 13.4. The minimum atomic E-state index is -0.277. The molecule has 1 unspecified atom stereocenters. The van der Waals surface area contributed by atoms with Gasteiger partial charge in [-0.2, -0.15) is 0 Å². The number of rotatable bonds is 9. The van der Waals surface area contributed by atoms with E-state index in [9.17, 15) is 9.59 Å². The van der Waals surface area contributed by atoms with Gasteiger partial charge in [0.1, 0.15) is 6.54 Å². The summed E-state index contributed by atoms with van der Waals surface area (Å²) in [6.45, 7) is 10.0. The number of para-hydroxylation sites is 1. The van der Waals surface area contributed by atoms with Crippen LogP contribution in [0, 0.1) is 6.92 Å². The van der Waals surface area contributed by atoms with E-state index in [2.05, 4.69) is 54.7 Å². The van der Waals surface area contributed by atoms with Crippen molar-refractivity contribution >= 4 is 22.7 Å². The van der Waals surface area contributed by atoms with Crippen molar-refractivity contribution in [3.63, 3.8) is 0 Å². The van der Waals surface area contributed by atoms with E-state index in [0.717, 1.165) is 53.8 Å². The Hall–Kier alpha value is -3.12. The second-order valence-electron chi connectivity index (χ2n) is 8.73. The van der Waals surface area contributed by atoms with Crippen molar-refractivity contribution in [1.29, 1.82) is 0 Å². The van der Waals surface area contributed by atoms with Gasteiger partial charge in [0.2, 0.25) is 5.91 Å². The molecule has 0 bridgehead atoms. The van der Waals surface area contributed by atoms with Crippen LogP contribution in [0.1, 0.15) is 53.5 Å². The number of hydrogen-bond donors (Lipinski definition) is 1. The van der Waals surface area contributed by atoms with Gasteiger partial charge in [-0.3, -0.25) is 9.59 Å². The highest BCUT2D eigenvalue weighted by Gasteiger charge is 2.40. The summed E-state index contributed by atoms with van der Waals surface area (Å²) in [7, 11) is 2.05. The van der Waals surface area contributed by atoms with Crippen LogP contribution in [0.15, 0.2) is 48.5 Å². The van der Waals surface area contributed by atoms with Gasteiger partial charge in [0.25, 0.3) is 5.91 Å². The number of nitrogens with one attached hydrogen (secondary N) is 1. The fourth-order valence-electron chi connectivity index (χ4n) is 5.02. The maximum absolute atomic E-state index is 13.4. The molecule has 1 atom stereocenters. The van der Waals surface area contributed by atoms with Crippen molar-refractivity contribution in [2.45, 2.75) is 33.2 Å². The van der Waals surface area contributed by atoms with Crippen molar-refractivity contribution < 1.29 is 9.59 Å². The lowest BCUT2D eigenvalue weighted by molar-refractivity contribution is -0.122. The topological polar surface area (TPSA) is 57.6 Å². The van der Waals surface area contributed by atoms with E-state index in [-0.39, 0.29) is 24.4 Å². The molecule has 2 amide bonds. The van der Waals surface area contributed by atoms with Gasteiger partial charge in [-0.25, -0.2) is 0 Å². The maximum Gasteiger partial charge on any atom is 0.255 e. The third kappa shape index (κ3) is 4.27. The lowest BCUT2D eigenvalue weighted by Gasteiger charge is -2.26. The van der Waals surface area contributed by atoms with Gasteiger partial charge in [0, 0.05) is 41.3 Å². The molecule has 4 rings (SSSR count). The highest BCUT2D eigenvalue weighted by Crippen LogP contribution is 2.43. The zero-order valence-corrected chi connectivity index (χ0v) is 20.1. The summed E-state index contributed by atoms with van der Waals surface area (Å²) >= 11 is 0. The van der Waals surface area contributed by atoms with E-state index in [1.807, 2.05) is 36.4 Å². The zero-order valence-electron chi connectivity index (χ0n) is 20.1. The number of aromatic nitrogens is 1. The molecule has 2 aromatic carbocycles. The van der Waals surface area contributed by atoms with Gasteiger partial charge in [0.05, 0.1) is 6.04 Å². The Morgan fingerprint density at radius 2 is 1.76 bits per heavy atom. The van der Waals surface area contributed by atoms with E-state index >= 15 is 0 Å². The lowest BCUT2D eigenvalue weighted by Crippen LogP contribution is -2.40. The summed E-state index contributed by atoms with van der Waals surface area (Å²) in [6, 6.07) is 15.7. The monoisotopic (exact) mass is 446 g/mol. The van der Waals surface area contributed by atoms with E-state index in [1.165, 1.54) is 0 Å². The van der Waals surface area contributed by atoms with Crippen LogP contribution in [0.4, 0.5) is 0 Å². The molecule has 1 aromatic heterocycles. The second-order valence-corrected chi connectivity index (χ2v) is 8.73. The van der Waals surface area contributed by atoms with Crippen LogP contribution < -0.4 is 5.32 Å². The minimum absolute atomic E-state index is 0.0477. The Balaban J connectivity index is 1.60. The minimum Gasteiger partial charge on any atom is -0.355 e. The van der Waals surface area contributed by atoms with E-state index in [0.29, 0.717) is 12.1 Å². The summed E-state index contributed by atoms with van der Waals surface area (Å²) in [5.74, 6) is -0.195. The van der Waals surface area contributed by atoms with Gasteiger partial charge in [-0.15, -0.1) is 0 Å². The molecule has 6 nitrogen and oxygen atoms in total. The molecule has 1 aliphatic heterocycles. The molecule has 174 valence electrons. The van der Waals surface area contributed by atoms with Crippen LogP contribution in [-0.4, -0.2) is 58.9 Å². The number of benzene rings is 2. The largest absolute Gasteiger partial charge is 0.355 e. The average Bonchev–Trinajstić information content (AvgIpc) is 3.24. The van der Waals surface area contributed by atoms with Gasteiger partial charge >= 0.3 is 0 Å². The number of amides is 2. The fourth-order valence-corrected chi connectivity index (χ4v) is 5.02. The number of carbonyl (C=O) groups is 2. The van der Waals surface area contributed by atoms with Crippen molar-refractivity contribution in [3.05, 3.63) is 70.9 Å². The van der Waals surface area contributed by atoms with Crippen LogP contribution in [0.25, 0.3) is 10.9 Å². The van der Waals surface area contributed by atoms with Crippen LogP contribution >= 0.6 is 0 Å². The Morgan fingerprint density at radius 3 is 2.52 bits per heavy atom. The molecule has 3 aromatic rings. The van der Waals surface area contributed by atoms with Gasteiger partial charge in [-0.05, 0) is 50.7 Å². The third-order valence-electron chi connectivity index (χ3n) is 6.96. The lowest BCUT2D eigenvalue weighted by atomic mass is 9.95. The van der Waals surface area contributed by atoms with Gasteiger partial charge in [0.15, 0.2) is 0 Å². The molecule has 33 heavy (non-hydrogen) atoms. The van der Waals surface area contributed by atoms with E-state index < -0.39 is 0 Å².